The molecule has 0 bridgehead atoms. The Morgan fingerprint density at radius 1 is 1.33 bits per heavy atom. The smallest absolute Gasteiger partial charge is 0.335 e. The molecule has 2 nitrogen and oxygen atoms in total. The monoisotopic (exact) mass is 268 g/mol. The van der Waals surface area contributed by atoms with E-state index in [1.54, 1.807) is 18.2 Å². The number of carbonyl (C=O) groups is 1. The van der Waals surface area contributed by atoms with Gasteiger partial charge in [0.05, 0.1) is 0 Å². The van der Waals surface area contributed by atoms with Crippen LogP contribution in [0.3, 0.4) is 0 Å². The van der Waals surface area contributed by atoms with Gasteiger partial charge in [-0.05, 0) is 30.2 Å². The Morgan fingerprint density at radius 2 is 1.93 bits per heavy atom. The van der Waals surface area contributed by atoms with Crippen LogP contribution in [0.4, 0.5) is 0 Å². The predicted molar refractivity (Wildman–Crippen MR) is 63.8 cm³/mol. The lowest BCUT2D eigenvalue weighted by molar-refractivity contribution is -0.129. The highest BCUT2D eigenvalue weighted by atomic mass is 79.9. The van der Waals surface area contributed by atoms with Crippen LogP contribution in [-0.2, 0) is 4.79 Å². The standard InChI is InChI=1S/C12H13BrO2/c1-9(2)3-8-12(14)15-11-6-4-10(13)5-7-11/h3-9H,1-2H3/b8-3+. The number of rotatable bonds is 3. The first-order valence-corrected chi connectivity index (χ1v) is 5.53. The third-order valence-electron chi connectivity index (χ3n) is 1.65. The second-order valence-corrected chi connectivity index (χ2v) is 4.39. The Labute approximate surface area is 98.1 Å². The van der Waals surface area contributed by atoms with E-state index in [1.165, 1.54) is 6.08 Å². The molecule has 0 unspecified atom stereocenters. The molecule has 1 rings (SSSR count). The molecule has 0 radical (unpaired) electrons. The maximum absolute atomic E-state index is 11.3. The average Bonchev–Trinajstić information content (AvgIpc) is 2.19. The molecule has 0 aromatic heterocycles. The number of esters is 1. The summed E-state index contributed by atoms with van der Waals surface area (Å²) in [6, 6.07) is 7.14. The quantitative estimate of drug-likeness (QED) is 0.476. The third kappa shape index (κ3) is 4.79. The molecule has 15 heavy (non-hydrogen) atoms. The number of benzene rings is 1. The molecule has 0 heterocycles. The molecule has 0 saturated heterocycles. The summed E-state index contributed by atoms with van der Waals surface area (Å²) >= 11 is 3.31. The highest BCUT2D eigenvalue weighted by Gasteiger charge is 1.99. The highest BCUT2D eigenvalue weighted by molar-refractivity contribution is 9.10. The van der Waals surface area contributed by atoms with E-state index >= 15 is 0 Å². The summed E-state index contributed by atoms with van der Waals surface area (Å²) in [5.74, 6) is 0.560. The van der Waals surface area contributed by atoms with Gasteiger partial charge in [0.2, 0.25) is 0 Å². The van der Waals surface area contributed by atoms with Gasteiger partial charge >= 0.3 is 5.97 Å². The number of carbonyl (C=O) groups excluding carboxylic acids is 1. The van der Waals surface area contributed by atoms with Crippen LogP contribution in [0.2, 0.25) is 0 Å². The van der Waals surface area contributed by atoms with Crippen LogP contribution in [0, 0.1) is 5.92 Å². The molecule has 80 valence electrons. The SMILES string of the molecule is CC(C)/C=C/C(=O)Oc1ccc(Br)cc1. The molecule has 3 heteroatoms. The fourth-order valence-corrected chi connectivity index (χ4v) is 1.19. The first kappa shape index (κ1) is 12.0. The lowest BCUT2D eigenvalue weighted by atomic mass is 10.2. The summed E-state index contributed by atoms with van der Waals surface area (Å²) in [6.45, 7) is 4.01. The second kappa shape index (κ2) is 5.71. The molecule has 0 aliphatic carbocycles. The van der Waals surface area contributed by atoms with Crippen molar-refractivity contribution in [1.82, 2.24) is 0 Å². The summed E-state index contributed by atoms with van der Waals surface area (Å²) in [7, 11) is 0. The van der Waals surface area contributed by atoms with E-state index in [2.05, 4.69) is 15.9 Å². The summed E-state index contributed by atoms with van der Waals surface area (Å²) in [4.78, 5) is 11.3. The Hall–Kier alpha value is -1.09. The number of ether oxygens (including phenoxy) is 1. The molecule has 1 aromatic rings. The Balaban J connectivity index is 2.55. The van der Waals surface area contributed by atoms with Crippen LogP contribution in [0.1, 0.15) is 13.8 Å². The third-order valence-corrected chi connectivity index (χ3v) is 2.18. The van der Waals surface area contributed by atoms with Crippen molar-refractivity contribution < 1.29 is 9.53 Å². The van der Waals surface area contributed by atoms with E-state index in [-0.39, 0.29) is 5.97 Å². The molecule has 0 aliphatic rings. The van der Waals surface area contributed by atoms with Crippen LogP contribution in [-0.4, -0.2) is 5.97 Å². The van der Waals surface area contributed by atoms with E-state index in [1.807, 2.05) is 26.0 Å². The lowest BCUT2D eigenvalue weighted by Gasteiger charge is -2.01. The Kier molecular flexibility index (Phi) is 4.56. The number of allylic oxidation sites excluding steroid dienone is 1. The van der Waals surface area contributed by atoms with Crippen LogP contribution in [0.5, 0.6) is 5.75 Å². The van der Waals surface area contributed by atoms with Crippen LogP contribution < -0.4 is 4.74 Å². The number of halogens is 1. The molecule has 1 aromatic carbocycles. The van der Waals surface area contributed by atoms with Gasteiger partial charge in [-0.2, -0.15) is 0 Å². The summed E-state index contributed by atoms with van der Waals surface area (Å²) in [5, 5.41) is 0. The van der Waals surface area contributed by atoms with Crippen molar-refractivity contribution in [2.75, 3.05) is 0 Å². The molecule has 0 amide bonds. The van der Waals surface area contributed by atoms with Crippen molar-refractivity contribution in [2.45, 2.75) is 13.8 Å². The van der Waals surface area contributed by atoms with Gasteiger partial charge in [0, 0.05) is 10.5 Å². The zero-order valence-electron chi connectivity index (χ0n) is 8.74. The van der Waals surface area contributed by atoms with E-state index in [9.17, 15) is 4.79 Å². The minimum atomic E-state index is -0.342. The van der Waals surface area contributed by atoms with Gasteiger partial charge in [0.25, 0.3) is 0 Å². The second-order valence-electron chi connectivity index (χ2n) is 3.48. The van der Waals surface area contributed by atoms with Gasteiger partial charge in [-0.25, -0.2) is 4.79 Å². The maximum atomic E-state index is 11.3. The normalized spacial score (nSPS) is 10.9. The Morgan fingerprint density at radius 3 is 2.47 bits per heavy atom. The van der Waals surface area contributed by atoms with Crippen molar-refractivity contribution in [3.05, 3.63) is 40.9 Å². The van der Waals surface area contributed by atoms with Gasteiger partial charge in [0.1, 0.15) is 5.75 Å². The topological polar surface area (TPSA) is 26.3 Å². The molecular weight excluding hydrogens is 256 g/mol. The Bertz CT molecular complexity index is 352. The van der Waals surface area contributed by atoms with E-state index in [0.29, 0.717) is 11.7 Å². The fourth-order valence-electron chi connectivity index (χ4n) is 0.924. The number of hydrogen-bond donors (Lipinski definition) is 0. The van der Waals surface area contributed by atoms with Crippen molar-refractivity contribution in [1.29, 1.82) is 0 Å². The van der Waals surface area contributed by atoms with Gasteiger partial charge in [0.15, 0.2) is 0 Å². The fraction of sp³-hybridized carbons (Fsp3) is 0.250. The van der Waals surface area contributed by atoms with E-state index in [0.717, 1.165) is 4.47 Å². The average molecular weight is 269 g/mol. The molecule has 0 aliphatic heterocycles. The van der Waals surface area contributed by atoms with E-state index < -0.39 is 0 Å². The van der Waals surface area contributed by atoms with Crippen molar-refractivity contribution in [3.8, 4) is 5.75 Å². The minimum Gasteiger partial charge on any atom is -0.423 e. The van der Waals surface area contributed by atoms with Gasteiger partial charge in [-0.15, -0.1) is 0 Å². The lowest BCUT2D eigenvalue weighted by Crippen LogP contribution is -2.03. The van der Waals surface area contributed by atoms with Gasteiger partial charge < -0.3 is 4.74 Å². The summed E-state index contributed by atoms with van der Waals surface area (Å²) in [5.41, 5.74) is 0. The zero-order chi connectivity index (χ0) is 11.3. The summed E-state index contributed by atoms with van der Waals surface area (Å²) < 4.78 is 6.03. The van der Waals surface area contributed by atoms with Crippen molar-refractivity contribution in [2.24, 2.45) is 5.92 Å². The molecule has 0 fully saturated rings. The first-order valence-electron chi connectivity index (χ1n) is 4.73. The highest BCUT2D eigenvalue weighted by Crippen LogP contribution is 2.16. The summed E-state index contributed by atoms with van der Waals surface area (Å²) in [6.07, 6.45) is 3.26. The molecule has 0 N–H and O–H groups in total. The largest absolute Gasteiger partial charge is 0.423 e. The van der Waals surface area contributed by atoms with Crippen LogP contribution >= 0.6 is 15.9 Å². The van der Waals surface area contributed by atoms with Gasteiger partial charge in [-0.1, -0.05) is 35.9 Å². The zero-order valence-corrected chi connectivity index (χ0v) is 10.3. The maximum Gasteiger partial charge on any atom is 0.335 e. The molecule has 0 saturated carbocycles. The van der Waals surface area contributed by atoms with E-state index in [4.69, 9.17) is 4.74 Å². The number of hydrogen-bond acceptors (Lipinski definition) is 2. The molecule has 0 atom stereocenters. The van der Waals surface area contributed by atoms with Gasteiger partial charge in [-0.3, -0.25) is 0 Å². The van der Waals surface area contributed by atoms with Crippen LogP contribution in [0.15, 0.2) is 40.9 Å². The molecular formula is C12H13BrO2. The van der Waals surface area contributed by atoms with Crippen LogP contribution in [0.25, 0.3) is 0 Å². The minimum absolute atomic E-state index is 0.342. The first-order chi connectivity index (χ1) is 7.08. The predicted octanol–water partition coefficient (Wildman–Crippen LogP) is 3.57. The van der Waals surface area contributed by atoms with Crippen molar-refractivity contribution in [3.63, 3.8) is 0 Å². The van der Waals surface area contributed by atoms with Crippen molar-refractivity contribution >= 4 is 21.9 Å². The molecule has 0 spiro atoms.